The molecule has 4 rings (SSSR count). The Bertz CT molecular complexity index is 1090. The van der Waals surface area contributed by atoms with Crippen LogP contribution < -0.4 is 16.2 Å². The molecule has 10 nitrogen and oxygen atoms in total. The quantitative estimate of drug-likeness (QED) is 0.527. The molecule has 1 aromatic rings. The summed E-state index contributed by atoms with van der Waals surface area (Å²) in [4.78, 5) is 60.3. The zero-order valence-electron chi connectivity index (χ0n) is 22.0. The fraction of sp³-hybridized carbons (Fsp3) is 0.667. The number of rotatable bonds is 3. The first-order valence-corrected chi connectivity index (χ1v) is 13.4. The number of carbonyl (C=O) groups is 3. The molecule has 0 unspecified atom stereocenters. The molecule has 2 saturated heterocycles. The first-order chi connectivity index (χ1) is 17.7. The van der Waals surface area contributed by atoms with Gasteiger partial charge < -0.3 is 25.3 Å². The van der Waals surface area contributed by atoms with Gasteiger partial charge in [-0.3, -0.25) is 19.2 Å². The summed E-state index contributed by atoms with van der Waals surface area (Å²) in [5, 5.41) is 6.28. The zero-order valence-corrected chi connectivity index (χ0v) is 22.0. The molecule has 10 heteroatoms. The Balaban J connectivity index is 1.54. The number of H-pyrrole nitrogens is 1. The van der Waals surface area contributed by atoms with E-state index in [1.807, 2.05) is 13.8 Å². The lowest BCUT2D eigenvalue weighted by Gasteiger charge is -2.41. The molecular weight excluding hydrogens is 474 g/mol. The van der Waals surface area contributed by atoms with Crippen molar-refractivity contribution in [2.24, 2.45) is 17.3 Å². The van der Waals surface area contributed by atoms with Crippen LogP contribution in [0.5, 0.6) is 0 Å². The highest BCUT2D eigenvalue weighted by Crippen LogP contribution is 2.37. The van der Waals surface area contributed by atoms with Crippen molar-refractivity contribution in [3.8, 4) is 0 Å². The lowest BCUT2D eigenvalue weighted by molar-refractivity contribution is -0.138. The zero-order chi connectivity index (χ0) is 26.6. The number of amides is 3. The minimum absolute atomic E-state index is 0.0302. The van der Waals surface area contributed by atoms with Crippen molar-refractivity contribution in [1.82, 2.24) is 25.5 Å². The molecule has 3 aliphatic rings. The van der Waals surface area contributed by atoms with E-state index < -0.39 is 11.5 Å². The summed E-state index contributed by atoms with van der Waals surface area (Å²) in [6.45, 7) is 7.68. The van der Waals surface area contributed by atoms with Crippen LogP contribution in [-0.4, -0.2) is 71.0 Å². The molecular formula is C27H39N5O5. The number of ether oxygens (including phenoxy) is 1. The fourth-order valence-corrected chi connectivity index (χ4v) is 5.61. The van der Waals surface area contributed by atoms with Gasteiger partial charge in [0.15, 0.2) is 0 Å². The number of aromatic nitrogens is 2. The summed E-state index contributed by atoms with van der Waals surface area (Å²) in [7, 11) is 0. The first-order valence-electron chi connectivity index (χ1n) is 13.4. The SMILES string of the molecule is Cc1nc(C(=O)N2CCC3(C/C=C/C[C@@H]4COCC[C@@H]4NC(=O)[C@H](CC(C)C)NC3=O)CC2)cc(=O)[nH]1. The van der Waals surface area contributed by atoms with Crippen LogP contribution in [0.2, 0.25) is 0 Å². The molecule has 2 fully saturated rings. The van der Waals surface area contributed by atoms with Gasteiger partial charge >= 0.3 is 0 Å². The van der Waals surface area contributed by atoms with Crippen LogP contribution in [0.3, 0.4) is 0 Å². The van der Waals surface area contributed by atoms with E-state index in [-0.39, 0.29) is 46.9 Å². The van der Waals surface area contributed by atoms with E-state index in [0.717, 1.165) is 12.8 Å². The van der Waals surface area contributed by atoms with Crippen molar-refractivity contribution in [3.63, 3.8) is 0 Å². The second-order valence-electron chi connectivity index (χ2n) is 11.1. The summed E-state index contributed by atoms with van der Waals surface area (Å²) < 4.78 is 5.68. The number of aryl methyl sites for hydroxylation is 1. The molecule has 3 aliphatic heterocycles. The molecule has 1 spiro atoms. The molecule has 3 atom stereocenters. The van der Waals surface area contributed by atoms with E-state index in [1.54, 1.807) is 11.8 Å². The summed E-state index contributed by atoms with van der Waals surface area (Å²) >= 11 is 0. The van der Waals surface area contributed by atoms with Crippen molar-refractivity contribution in [1.29, 1.82) is 0 Å². The maximum atomic E-state index is 13.8. The number of hydrogen-bond donors (Lipinski definition) is 3. The third kappa shape index (κ3) is 6.47. The van der Waals surface area contributed by atoms with E-state index in [2.05, 4.69) is 32.8 Å². The number of fused-ring (bicyclic) bond motifs is 1. The van der Waals surface area contributed by atoms with Gasteiger partial charge in [0.05, 0.1) is 12.0 Å². The van der Waals surface area contributed by atoms with Crippen molar-refractivity contribution >= 4 is 17.7 Å². The standard InChI is InChI=1S/C27H39N5O5/c1-17(2)14-21-24(34)30-20-7-13-37-16-19(20)6-4-5-8-27(26(36)31-21)9-11-32(12-10-27)25(35)22-15-23(33)29-18(3)28-22/h4-5,15,17,19-21H,6-14,16H2,1-3H3,(H,30,34)(H,31,36)(H,28,29,33)/b5-4+/t19-,20+,21+/m1/s1. The number of nitrogens with one attached hydrogen (secondary N) is 3. The highest BCUT2D eigenvalue weighted by molar-refractivity contribution is 5.93. The molecule has 37 heavy (non-hydrogen) atoms. The molecule has 3 N–H and O–H groups in total. The number of likely N-dealkylation sites (tertiary alicyclic amines) is 1. The average Bonchev–Trinajstić information content (AvgIpc) is 2.85. The van der Waals surface area contributed by atoms with Crippen molar-refractivity contribution in [3.05, 3.63) is 40.1 Å². The van der Waals surface area contributed by atoms with Crippen LogP contribution in [0, 0.1) is 24.2 Å². The van der Waals surface area contributed by atoms with Gasteiger partial charge in [0.25, 0.3) is 11.5 Å². The van der Waals surface area contributed by atoms with E-state index in [0.29, 0.717) is 57.8 Å². The van der Waals surface area contributed by atoms with Gasteiger partial charge in [-0.05, 0) is 51.4 Å². The van der Waals surface area contributed by atoms with Crippen molar-refractivity contribution in [2.45, 2.75) is 71.4 Å². The Morgan fingerprint density at radius 1 is 1.19 bits per heavy atom. The number of carbonyl (C=O) groups excluding carboxylic acids is 3. The topological polar surface area (TPSA) is 133 Å². The Hall–Kier alpha value is -3.01. The van der Waals surface area contributed by atoms with Crippen LogP contribution in [0.25, 0.3) is 0 Å². The Labute approximate surface area is 217 Å². The molecule has 0 bridgehead atoms. The molecule has 0 aromatic carbocycles. The second-order valence-corrected chi connectivity index (χ2v) is 11.1. The normalized spacial score (nSPS) is 27.5. The summed E-state index contributed by atoms with van der Waals surface area (Å²) in [5.74, 6) is 0.224. The lowest BCUT2D eigenvalue weighted by Crippen LogP contribution is -2.57. The van der Waals surface area contributed by atoms with Gasteiger partial charge in [0.2, 0.25) is 11.8 Å². The Morgan fingerprint density at radius 3 is 2.65 bits per heavy atom. The predicted molar refractivity (Wildman–Crippen MR) is 138 cm³/mol. The minimum atomic E-state index is -0.720. The monoisotopic (exact) mass is 513 g/mol. The predicted octanol–water partition coefficient (Wildman–Crippen LogP) is 1.70. The number of allylic oxidation sites excluding steroid dienone is 2. The van der Waals surface area contributed by atoms with Crippen LogP contribution in [0.4, 0.5) is 0 Å². The van der Waals surface area contributed by atoms with Gasteiger partial charge in [0, 0.05) is 37.7 Å². The number of piperidine rings is 1. The van der Waals surface area contributed by atoms with E-state index in [4.69, 9.17) is 4.74 Å². The third-order valence-electron chi connectivity index (χ3n) is 7.81. The summed E-state index contributed by atoms with van der Waals surface area (Å²) in [6.07, 6.45) is 7.72. The number of aromatic amines is 1. The van der Waals surface area contributed by atoms with E-state index in [1.165, 1.54) is 6.07 Å². The highest BCUT2D eigenvalue weighted by atomic mass is 16.5. The minimum Gasteiger partial charge on any atom is -0.381 e. The molecule has 1 aromatic heterocycles. The average molecular weight is 514 g/mol. The largest absolute Gasteiger partial charge is 0.381 e. The van der Waals surface area contributed by atoms with E-state index >= 15 is 0 Å². The van der Waals surface area contributed by atoms with Crippen molar-refractivity contribution < 1.29 is 19.1 Å². The van der Waals surface area contributed by atoms with Gasteiger partial charge in [0.1, 0.15) is 17.6 Å². The number of hydrogen-bond acceptors (Lipinski definition) is 6. The van der Waals surface area contributed by atoms with Gasteiger partial charge in [-0.1, -0.05) is 26.0 Å². The van der Waals surface area contributed by atoms with Crippen LogP contribution in [-0.2, 0) is 14.3 Å². The van der Waals surface area contributed by atoms with Crippen LogP contribution in [0.1, 0.15) is 68.7 Å². The molecule has 4 heterocycles. The van der Waals surface area contributed by atoms with Crippen molar-refractivity contribution in [2.75, 3.05) is 26.3 Å². The maximum Gasteiger partial charge on any atom is 0.272 e. The lowest BCUT2D eigenvalue weighted by atomic mass is 9.74. The second kappa shape index (κ2) is 11.6. The van der Waals surface area contributed by atoms with Gasteiger partial charge in [-0.25, -0.2) is 4.98 Å². The molecule has 3 amide bonds. The molecule has 0 radical (unpaired) electrons. The summed E-state index contributed by atoms with van der Waals surface area (Å²) in [5.41, 5.74) is -0.978. The fourth-order valence-electron chi connectivity index (χ4n) is 5.61. The molecule has 202 valence electrons. The van der Waals surface area contributed by atoms with Crippen LogP contribution >= 0.6 is 0 Å². The smallest absolute Gasteiger partial charge is 0.272 e. The Kier molecular flexibility index (Phi) is 8.46. The first kappa shape index (κ1) is 27.0. The van der Waals surface area contributed by atoms with E-state index in [9.17, 15) is 19.2 Å². The molecule has 0 aliphatic carbocycles. The molecule has 0 saturated carbocycles. The highest BCUT2D eigenvalue weighted by Gasteiger charge is 2.43. The maximum absolute atomic E-state index is 13.8. The van der Waals surface area contributed by atoms with Gasteiger partial charge in [-0.2, -0.15) is 0 Å². The summed E-state index contributed by atoms with van der Waals surface area (Å²) in [6, 6.07) is 0.629. The number of nitrogens with zero attached hydrogens (tertiary/aromatic N) is 2. The third-order valence-corrected chi connectivity index (χ3v) is 7.81. The Morgan fingerprint density at radius 2 is 1.95 bits per heavy atom. The van der Waals surface area contributed by atoms with Crippen LogP contribution in [0.15, 0.2) is 23.0 Å². The van der Waals surface area contributed by atoms with Gasteiger partial charge in [-0.15, -0.1) is 0 Å².